The Bertz CT molecular complexity index is 278. The fourth-order valence-electron chi connectivity index (χ4n) is 1.82. The van der Waals surface area contributed by atoms with Gasteiger partial charge in [0.2, 0.25) is 5.91 Å². The molecule has 19 heavy (non-hydrogen) atoms. The number of aliphatic carboxylic acids is 1. The Morgan fingerprint density at radius 3 is 2.21 bits per heavy atom. The standard InChI is InChI=1S/C14H28N2O3/c1-10(2)7-5-6-8-15-14(19)12(9-13(17)18)16-11(3)4/h10-12,16H,5-9H2,1-4H3,(H,15,19)(H,17,18). The molecule has 5 nitrogen and oxygen atoms in total. The van der Waals surface area contributed by atoms with Crippen molar-refractivity contribution in [1.82, 2.24) is 10.6 Å². The summed E-state index contributed by atoms with van der Waals surface area (Å²) in [6, 6.07) is -0.571. The number of carbonyl (C=O) groups excluding carboxylic acids is 1. The van der Waals surface area contributed by atoms with Gasteiger partial charge < -0.3 is 15.7 Å². The van der Waals surface area contributed by atoms with Crippen molar-refractivity contribution < 1.29 is 14.7 Å². The van der Waals surface area contributed by atoms with Crippen LogP contribution in [0.1, 0.15) is 53.4 Å². The molecule has 0 fully saturated rings. The molecular formula is C14H28N2O3. The summed E-state index contributed by atoms with van der Waals surface area (Å²) in [6.45, 7) is 8.75. The summed E-state index contributed by atoms with van der Waals surface area (Å²) in [5.74, 6) is -0.508. The average Bonchev–Trinajstić information content (AvgIpc) is 2.25. The quantitative estimate of drug-likeness (QED) is 0.530. The molecule has 0 aromatic heterocycles. The number of carboxylic acids is 1. The molecule has 0 aromatic carbocycles. The number of hydrogen-bond donors (Lipinski definition) is 3. The SMILES string of the molecule is CC(C)CCCCNC(=O)C(CC(=O)O)NC(C)C. The van der Waals surface area contributed by atoms with Crippen LogP contribution in [0.25, 0.3) is 0 Å². The van der Waals surface area contributed by atoms with E-state index in [2.05, 4.69) is 24.5 Å². The van der Waals surface area contributed by atoms with E-state index >= 15 is 0 Å². The number of carbonyl (C=O) groups is 2. The molecule has 0 rings (SSSR count). The molecule has 0 heterocycles. The van der Waals surface area contributed by atoms with Crippen molar-refractivity contribution in [1.29, 1.82) is 0 Å². The first-order valence-electron chi connectivity index (χ1n) is 7.08. The number of nitrogens with one attached hydrogen (secondary N) is 2. The Balaban J connectivity index is 3.99. The third-order valence-electron chi connectivity index (χ3n) is 2.74. The highest BCUT2D eigenvalue weighted by Crippen LogP contribution is 2.05. The predicted molar refractivity (Wildman–Crippen MR) is 76.0 cm³/mol. The number of hydrogen-bond acceptors (Lipinski definition) is 3. The summed E-state index contributed by atoms with van der Waals surface area (Å²) in [7, 11) is 0. The molecule has 0 spiro atoms. The number of carboxylic acid groups (broad SMARTS) is 1. The van der Waals surface area contributed by atoms with E-state index in [1.807, 2.05) is 13.8 Å². The Morgan fingerprint density at radius 2 is 1.74 bits per heavy atom. The van der Waals surface area contributed by atoms with Crippen LogP contribution in [0.15, 0.2) is 0 Å². The zero-order valence-electron chi connectivity index (χ0n) is 12.5. The summed E-state index contributed by atoms with van der Waals surface area (Å²) < 4.78 is 0. The molecule has 1 amide bonds. The van der Waals surface area contributed by atoms with E-state index in [1.165, 1.54) is 0 Å². The van der Waals surface area contributed by atoms with Gasteiger partial charge in [0.15, 0.2) is 0 Å². The largest absolute Gasteiger partial charge is 0.481 e. The molecule has 0 aliphatic carbocycles. The van der Waals surface area contributed by atoms with E-state index in [0.717, 1.165) is 19.3 Å². The highest BCUT2D eigenvalue weighted by atomic mass is 16.4. The molecule has 5 heteroatoms. The molecule has 112 valence electrons. The van der Waals surface area contributed by atoms with Crippen molar-refractivity contribution in [2.75, 3.05) is 6.54 Å². The minimum absolute atomic E-state index is 0.0797. The van der Waals surface area contributed by atoms with Gasteiger partial charge in [-0.15, -0.1) is 0 Å². The minimum atomic E-state index is -0.965. The Morgan fingerprint density at radius 1 is 1.11 bits per heavy atom. The highest BCUT2D eigenvalue weighted by Gasteiger charge is 2.21. The van der Waals surface area contributed by atoms with Gasteiger partial charge in [0.25, 0.3) is 0 Å². The van der Waals surface area contributed by atoms with E-state index in [4.69, 9.17) is 5.11 Å². The lowest BCUT2D eigenvalue weighted by atomic mass is 10.1. The molecule has 0 aliphatic heterocycles. The van der Waals surface area contributed by atoms with Gasteiger partial charge in [-0.05, 0) is 12.3 Å². The molecule has 1 atom stereocenters. The van der Waals surface area contributed by atoms with Gasteiger partial charge in [-0.1, -0.05) is 40.5 Å². The van der Waals surface area contributed by atoms with Crippen LogP contribution in [0.4, 0.5) is 0 Å². The van der Waals surface area contributed by atoms with Crippen molar-refractivity contribution in [3.63, 3.8) is 0 Å². The first kappa shape index (κ1) is 17.9. The fraction of sp³-hybridized carbons (Fsp3) is 0.857. The molecule has 0 saturated carbocycles. The average molecular weight is 272 g/mol. The monoisotopic (exact) mass is 272 g/mol. The van der Waals surface area contributed by atoms with Crippen LogP contribution >= 0.6 is 0 Å². The fourth-order valence-corrected chi connectivity index (χ4v) is 1.82. The molecule has 0 aromatic rings. The van der Waals surface area contributed by atoms with E-state index in [0.29, 0.717) is 12.5 Å². The van der Waals surface area contributed by atoms with Crippen LogP contribution in [0.3, 0.4) is 0 Å². The topological polar surface area (TPSA) is 78.4 Å². The van der Waals surface area contributed by atoms with E-state index in [-0.39, 0.29) is 18.4 Å². The normalized spacial score (nSPS) is 12.7. The first-order chi connectivity index (χ1) is 8.82. The second-order valence-electron chi connectivity index (χ2n) is 5.65. The Kier molecular flexibility index (Phi) is 9.21. The second-order valence-corrected chi connectivity index (χ2v) is 5.65. The maximum Gasteiger partial charge on any atom is 0.305 e. The molecular weight excluding hydrogens is 244 g/mol. The molecule has 1 unspecified atom stereocenters. The van der Waals surface area contributed by atoms with Crippen molar-refractivity contribution in [3.05, 3.63) is 0 Å². The van der Waals surface area contributed by atoms with Gasteiger partial charge in [0.1, 0.15) is 0 Å². The zero-order chi connectivity index (χ0) is 14.8. The summed E-state index contributed by atoms with van der Waals surface area (Å²) in [5, 5.41) is 14.6. The van der Waals surface area contributed by atoms with Crippen molar-refractivity contribution in [2.45, 2.75) is 65.5 Å². The summed E-state index contributed by atoms with van der Waals surface area (Å²) in [5.41, 5.74) is 0. The van der Waals surface area contributed by atoms with Crippen molar-refractivity contribution >= 4 is 11.9 Å². The maximum absolute atomic E-state index is 11.9. The van der Waals surface area contributed by atoms with E-state index in [9.17, 15) is 9.59 Å². The van der Waals surface area contributed by atoms with Crippen LogP contribution in [-0.2, 0) is 9.59 Å². The first-order valence-corrected chi connectivity index (χ1v) is 7.08. The number of unbranched alkanes of at least 4 members (excludes halogenated alkanes) is 1. The summed E-state index contributed by atoms with van der Waals surface area (Å²) >= 11 is 0. The smallest absolute Gasteiger partial charge is 0.305 e. The van der Waals surface area contributed by atoms with Gasteiger partial charge >= 0.3 is 5.97 Å². The lowest BCUT2D eigenvalue weighted by Crippen LogP contribution is -2.48. The third kappa shape index (κ3) is 10.5. The molecule has 3 N–H and O–H groups in total. The van der Waals surface area contributed by atoms with Crippen LogP contribution < -0.4 is 10.6 Å². The minimum Gasteiger partial charge on any atom is -0.481 e. The second kappa shape index (κ2) is 9.78. The van der Waals surface area contributed by atoms with Crippen LogP contribution in [0.5, 0.6) is 0 Å². The predicted octanol–water partition coefficient (Wildman–Crippen LogP) is 1.77. The number of rotatable bonds is 10. The van der Waals surface area contributed by atoms with Gasteiger partial charge in [-0.2, -0.15) is 0 Å². The molecule has 0 radical (unpaired) electrons. The molecule has 0 bridgehead atoms. The van der Waals surface area contributed by atoms with Crippen LogP contribution in [0, 0.1) is 5.92 Å². The Labute approximate surface area is 116 Å². The Hall–Kier alpha value is -1.10. The van der Waals surface area contributed by atoms with Gasteiger partial charge in [-0.3, -0.25) is 9.59 Å². The van der Waals surface area contributed by atoms with Crippen LogP contribution in [-0.4, -0.2) is 35.6 Å². The van der Waals surface area contributed by atoms with Gasteiger partial charge in [0.05, 0.1) is 12.5 Å². The van der Waals surface area contributed by atoms with Crippen LogP contribution in [0.2, 0.25) is 0 Å². The summed E-state index contributed by atoms with van der Waals surface area (Å²) in [4.78, 5) is 22.6. The third-order valence-corrected chi connectivity index (χ3v) is 2.74. The van der Waals surface area contributed by atoms with E-state index in [1.54, 1.807) is 0 Å². The van der Waals surface area contributed by atoms with Gasteiger partial charge in [0, 0.05) is 12.6 Å². The summed E-state index contributed by atoms with van der Waals surface area (Å²) in [6.07, 6.45) is 2.99. The lowest BCUT2D eigenvalue weighted by molar-refractivity contribution is -0.140. The number of amides is 1. The highest BCUT2D eigenvalue weighted by molar-refractivity contribution is 5.86. The maximum atomic E-state index is 11.9. The van der Waals surface area contributed by atoms with Gasteiger partial charge in [-0.25, -0.2) is 0 Å². The lowest BCUT2D eigenvalue weighted by Gasteiger charge is -2.19. The van der Waals surface area contributed by atoms with Crippen molar-refractivity contribution in [3.8, 4) is 0 Å². The zero-order valence-corrected chi connectivity index (χ0v) is 12.5. The van der Waals surface area contributed by atoms with E-state index < -0.39 is 12.0 Å². The molecule has 0 saturated heterocycles. The molecule has 0 aliphatic rings. The van der Waals surface area contributed by atoms with Crippen molar-refractivity contribution in [2.24, 2.45) is 5.92 Å².